The molecule has 1 aromatic heterocycles. The van der Waals surface area contributed by atoms with Crippen molar-refractivity contribution in [2.75, 3.05) is 5.73 Å². The van der Waals surface area contributed by atoms with Crippen molar-refractivity contribution < 1.29 is 8.91 Å². The number of fused-ring (bicyclic) bond motifs is 1. The van der Waals surface area contributed by atoms with Gasteiger partial charge >= 0.3 is 0 Å². The lowest BCUT2D eigenvalue weighted by Gasteiger charge is -1.90. The van der Waals surface area contributed by atoms with Gasteiger partial charge in [-0.05, 0) is 12.1 Å². The average Bonchev–Trinajstić information content (AvgIpc) is 2.49. The standard InChI is InChI=1S/C8H7FN2O/c9-4-7-5-2-1-3-6(10)8(5)12-11-7/h1-3H,4,10H2. The zero-order valence-corrected chi connectivity index (χ0v) is 6.25. The van der Waals surface area contributed by atoms with Gasteiger partial charge in [0.25, 0.3) is 0 Å². The normalized spacial score (nSPS) is 10.8. The minimum absolute atomic E-state index is 0.303. The van der Waals surface area contributed by atoms with E-state index < -0.39 is 6.67 Å². The Hall–Kier alpha value is -1.58. The molecule has 0 unspecified atom stereocenters. The van der Waals surface area contributed by atoms with Gasteiger partial charge in [0.2, 0.25) is 0 Å². The number of hydrogen-bond acceptors (Lipinski definition) is 3. The molecule has 4 heteroatoms. The Kier molecular flexibility index (Phi) is 1.46. The van der Waals surface area contributed by atoms with Crippen molar-refractivity contribution in [1.82, 2.24) is 5.16 Å². The van der Waals surface area contributed by atoms with Crippen LogP contribution in [0.5, 0.6) is 0 Å². The SMILES string of the molecule is Nc1cccc2c(CF)noc12. The van der Waals surface area contributed by atoms with Gasteiger partial charge < -0.3 is 10.3 Å². The number of benzene rings is 1. The maximum absolute atomic E-state index is 12.3. The molecular weight excluding hydrogens is 159 g/mol. The van der Waals surface area contributed by atoms with E-state index in [0.717, 1.165) is 0 Å². The fraction of sp³-hybridized carbons (Fsp3) is 0.125. The van der Waals surface area contributed by atoms with Gasteiger partial charge in [0.05, 0.1) is 5.69 Å². The smallest absolute Gasteiger partial charge is 0.190 e. The van der Waals surface area contributed by atoms with Crippen LogP contribution in [0.3, 0.4) is 0 Å². The molecule has 12 heavy (non-hydrogen) atoms. The first-order chi connectivity index (χ1) is 5.83. The van der Waals surface area contributed by atoms with Crippen LogP contribution in [0.25, 0.3) is 11.0 Å². The van der Waals surface area contributed by atoms with E-state index in [2.05, 4.69) is 5.16 Å². The van der Waals surface area contributed by atoms with Gasteiger partial charge in [-0.2, -0.15) is 0 Å². The molecule has 2 aromatic rings. The van der Waals surface area contributed by atoms with Gasteiger partial charge in [-0.25, -0.2) is 4.39 Å². The summed E-state index contributed by atoms with van der Waals surface area (Å²) in [6.45, 7) is -0.629. The maximum atomic E-state index is 12.3. The molecule has 1 aromatic carbocycles. The molecule has 0 atom stereocenters. The molecule has 0 spiro atoms. The molecule has 0 aliphatic rings. The van der Waals surface area contributed by atoms with Gasteiger partial charge in [-0.15, -0.1) is 0 Å². The van der Waals surface area contributed by atoms with Crippen LogP contribution in [0.2, 0.25) is 0 Å². The zero-order valence-electron chi connectivity index (χ0n) is 6.25. The highest BCUT2D eigenvalue weighted by Crippen LogP contribution is 2.23. The van der Waals surface area contributed by atoms with E-state index in [4.69, 9.17) is 10.3 Å². The largest absolute Gasteiger partial charge is 0.396 e. The van der Waals surface area contributed by atoms with Crippen LogP contribution in [0.15, 0.2) is 22.7 Å². The van der Waals surface area contributed by atoms with Crippen LogP contribution in [-0.4, -0.2) is 5.16 Å². The Balaban J connectivity index is 2.80. The van der Waals surface area contributed by atoms with Crippen LogP contribution < -0.4 is 5.73 Å². The third kappa shape index (κ3) is 0.845. The van der Waals surface area contributed by atoms with Crippen molar-refractivity contribution in [2.45, 2.75) is 6.67 Å². The minimum atomic E-state index is -0.629. The summed E-state index contributed by atoms with van der Waals surface area (Å²) in [5.74, 6) is 0. The molecule has 0 aliphatic heterocycles. The number of anilines is 1. The van der Waals surface area contributed by atoms with Gasteiger partial charge in [0.15, 0.2) is 5.58 Å². The quantitative estimate of drug-likeness (QED) is 0.658. The van der Waals surface area contributed by atoms with Gasteiger partial charge in [-0.3, -0.25) is 0 Å². The summed E-state index contributed by atoms with van der Waals surface area (Å²) in [6, 6.07) is 5.17. The molecule has 0 radical (unpaired) electrons. The lowest BCUT2D eigenvalue weighted by molar-refractivity contribution is 0.410. The maximum Gasteiger partial charge on any atom is 0.190 e. The number of nitrogens with two attached hydrogens (primary N) is 1. The van der Waals surface area contributed by atoms with E-state index >= 15 is 0 Å². The average molecular weight is 166 g/mol. The Labute approximate surface area is 67.9 Å². The van der Waals surface area contributed by atoms with Crippen LogP contribution in [-0.2, 0) is 6.67 Å². The summed E-state index contributed by atoms with van der Waals surface area (Å²) in [5, 5.41) is 4.20. The molecule has 0 amide bonds. The van der Waals surface area contributed by atoms with Crippen molar-refractivity contribution in [3.63, 3.8) is 0 Å². The monoisotopic (exact) mass is 166 g/mol. The van der Waals surface area contributed by atoms with Gasteiger partial charge in [0.1, 0.15) is 12.4 Å². The van der Waals surface area contributed by atoms with Gasteiger partial charge in [0, 0.05) is 5.39 Å². The Morgan fingerprint density at radius 2 is 2.33 bits per heavy atom. The zero-order chi connectivity index (χ0) is 8.55. The van der Waals surface area contributed by atoms with Crippen molar-refractivity contribution in [3.05, 3.63) is 23.9 Å². The summed E-state index contributed by atoms with van der Waals surface area (Å²) < 4.78 is 17.1. The predicted octanol–water partition coefficient (Wildman–Crippen LogP) is 1.88. The van der Waals surface area contributed by atoms with Crippen molar-refractivity contribution >= 4 is 16.7 Å². The summed E-state index contributed by atoms with van der Waals surface area (Å²) in [4.78, 5) is 0. The highest BCUT2D eigenvalue weighted by atomic mass is 19.1. The molecule has 3 nitrogen and oxygen atoms in total. The molecule has 1 heterocycles. The number of alkyl halides is 1. The molecule has 0 fully saturated rings. The lowest BCUT2D eigenvalue weighted by Crippen LogP contribution is -1.84. The molecule has 0 bridgehead atoms. The predicted molar refractivity (Wildman–Crippen MR) is 43.2 cm³/mol. The number of aromatic nitrogens is 1. The van der Waals surface area contributed by atoms with E-state index in [1.165, 1.54) is 0 Å². The molecular formula is C8H7FN2O. The fourth-order valence-corrected chi connectivity index (χ4v) is 1.13. The van der Waals surface area contributed by atoms with Crippen LogP contribution in [0.1, 0.15) is 5.69 Å². The second-order valence-electron chi connectivity index (χ2n) is 2.49. The molecule has 0 saturated heterocycles. The number of halogens is 1. The minimum Gasteiger partial charge on any atom is -0.396 e. The van der Waals surface area contributed by atoms with E-state index in [1.807, 2.05) is 0 Å². The molecule has 0 aliphatic carbocycles. The second-order valence-corrected chi connectivity index (χ2v) is 2.49. The van der Waals surface area contributed by atoms with Crippen molar-refractivity contribution in [3.8, 4) is 0 Å². The topological polar surface area (TPSA) is 52.0 Å². The Morgan fingerprint density at radius 3 is 3.08 bits per heavy atom. The van der Waals surface area contributed by atoms with Crippen molar-refractivity contribution in [1.29, 1.82) is 0 Å². The molecule has 0 saturated carbocycles. The first kappa shape index (κ1) is 7.09. The third-order valence-electron chi connectivity index (χ3n) is 1.73. The Morgan fingerprint density at radius 1 is 1.50 bits per heavy atom. The highest BCUT2D eigenvalue weighted by Gasteiger charge is 2.08. The molecule has 2 rings (SSSR count). The van der Waals surface area contributed by atoms with E-state index in [1.54, 1.807) is 18.2 Å². The van der Waals surface area contributed by atoms with E-state index in [0.29, 0.717) is 22.4 Å². The summed E-state index contributed by atoms with van der Waals surface area (Å²) >= 11 is 0. The molecule has 62 valence electrons. The summed E-state index contributed by atoms with van der Waals surface area (Å²) in [6.07, 6.45) is 0. The highest BCUT2D eigenvalue weighted by molar-refractivity contribution is 5.89. The first-order valence-corrected chi connectivity index (χ1v) is 3.51. The number of para-hydroxylation sites is 1. The number of rotatable bonds is 1. The van der Waals surface area contributed by atoms with E-state index in [9.17, 15) is 4.39 Å². The summed E-state index contributed by atoms with van der Waals surface area (Å²) in [7, 11) is 0. The lowest BCUT2D eigenvalue weighted by atomic mass is 10.2. The number of hydrogen-bond donors (Lipinski definition) is 1. The second kappa shape index (κ2) is 2.48. The third-order valence-corrected chi connectivity index (χ3v) is 1.73. The first-order valence-electron chi connectivity index (χ1n) is 3.51. The van der Waals surface area contributed by atoms with Crippen molar-refractivity contribution in [2.24, 2.45) is 0 Å². The van der Waals surface area contributed by atoms with E-state index in [-0.39, 0.29) is 0 Å². The van der Waals surface area contributed by atoms with Crippen LogP contribution in [0.4, 0.5) is 10.1 Å². The number of nitrogens with zero attached hydrogens (tertiary/aromatic N) is 1. The molecule has 2 N–H and O–H groups in total. The fourth-order valence-electron chi connectivity index (χ4n) is 1.13. The van der Waals surface area contributed by atoms with Crippen LogP contribution in [0, 0.1) is 0 Å². The Bertz CT molecular complexity index is 410. The summed E-state index contributed by atoms with van der Waals surface area (Å²) in [5.41, 5.74) is 6.82. The van der Waals surface area contributed by atoms with Gasteiger partial charge in [-0.1, -0.05) is 11.2 Å². The van der Waals surface area contributed by atoms with Crippen LogP contribution >= 0.6 is 0 Å². The number of nitrogen functional groups attached to an aromatic ring is 1.